The van der Waals surface area contributed by atoms with Crippen LogP contribution in [0.3, 0.4) is 0 Å². The minimum absolute atomic E-state index is 0.194. The van der Waals surface area contributed by atoms with Crippen LogP contribution in [0.5, 0.6) is 0 Å². The van der Waals surface area contributed by atoms with Crippen LogP contribution in [0.1, 0.15) is 36.8 Å². The Balaban J connectivity index is 1.49. The molecule has 0 bridgehead atoms. The van der Waals surface area contributed by atoms with Crippen LogP contribution >= 0.6 is 0 Å². The van der Waals surface area contributed by atoms with Crippen molar-refractivity contribution < 1.29 is 19.1 Å². The summed E-state index contributed by atoms with van der Waals surface area (Å²) in [7, 11) is 0. The highest BCUT2D eigenvalue weighted by Gasteiger charge is 2.43. The van der Waals surface area contributed by atoms with E-state index in [1.165, 1.54) is 0 Å². The average Bonchev–Trinajstić information content (AvgIpc) is 3.19. The minimum atomic E-state index is -0.665. The van der Waals surface area contributed by atoms with Crippen molar-refractivity contribution in [1.29, 1.82) is 0 Å². The van der Waals surface area contributed by atoms with Gasteiger partial charge in [-0.2, -0.15) is 0 Å². The molecule has 1 aromatic carbocycles. The van der Waals surface area contributed by atoms with Gasteiger partial charge < -0.3 is 20.1 Å². The Kier molecular flexibility index (Phi) is 4.87. The standard InChI is InChI=1S/C18H24N2O4/c1-12-6-5-7-13(2)15(12)20-17(22)16(21)19-10-14-11-23-18(24-14)8-3-4-9-18/h5-7,14H,3-4,8-11H2,1-2H3,(H,19,21)(H,20,22). The Hall–Kier alpha value is -1.92. The molecule has 2 N–H and O–H groups in total. The maximum Gasteiger partial charge on any atom is 0.313 e. The predicted octanol–water partition coefficient (Wildman–Crippen LogP) is 2.04. The third-order valence-electron chi connectivity index (χ3n) is 4.70. The molecule has 24 heavy (non-hydrogen) atoms. The Labute approximate surface area is 141 Å². The van der Waals surface area contributed by atoms with E-state index in [1.54, 1.807) is 0 Å². The highest BCUT2D eigenvalue weighted by atomic mass is 16.7. The van der Waals surface area contributed by atoms with Crippen molar-refractivity contribution in [2.24, 2.45) is 0 Å². The SMILES string of the molecule is Cc1cccc(C)c1NC(=O)C(=O)NCC1COC2(CCCC2)O1. The molecule has 2 fully saturated rings. The number of para-hydroxylation sites is 1. The molecule has 1 spiro atoms. The molecule has 0 radical (unpaired) electrons. The summed E-state index contributed by atoms with van der Waals surface area (Å²) in [5, 5.41) is 5.31. The lowest BCUT2D eigenvalue weighted by Gasteiger charge is -2.21. The summed E-state index contributed by atoms with van der Waals surface area (Å²) < 4.78 is 11.7. The van der Waals surface area contributed by atoms with Crippen molar-refractivity contribution in [2.75, 3.05) is 18.5 Å². The van der Waals surface area contributed by atoms with Gasteiger partial charge in [0.2, 0.25) is 0 Å². The van der Waals surface area contributed by atoms with Crippen molar-refractivity contribution in [2.45, 2.75) is 51.4 Å². The van der Waals surface area contributed by atoms with Gasteiger partial charge in [-0.15, -0.1) is 0 Å². The number of nitrogens with one attached hydrogen (secondary N) is 2. The molecular formula is C18H24N2O4. The van der Waals surface area contributed by atoms with E-state index in [4.69, 9.17) is 9.47 Å². The fraction of sp³-hybridized carbons (Fsp3) is 0.556. The number of benzene rings is 1. The topological polar surface area (TPSA) is 76.7 Å². The van der Waals surface area contributed by atoms with Gasteiger partial charge in [0.25, 0.3) is 0 Å². The Morgan fingerprint density at radius 2 is 1.83 bits per heavy atom. The first-order valence-electron chi connectivity index (χ1n) is 8.46. The smallest absolute Gasteiger partial charge is 0.313 e. The quantitative estimate of drug-likeness (QED) is 0.831. The lowest BCUT2D eigenvalue weighted by molar-refractivity contribution is -0.161. The maximum atomic E-state index is 12.1. The summed E-state index contributed by atoms with van der Waals surface area (Å²) in [5.41, 5.74) is 2.53. The second kappa shape index (κ2) is 6.91. The molecule has 1 aromatic rings. The molecule has 1 saturated heterocycles. The number of carbonyl (C=O) groups excluding carboxylic acids is 2. The molecule has 3 rings (SSSR count). The first-order valence-corrected chi connectivity index (χ1v) is 8.46. The first kappa shape index (κ1) is 16.9. The summed E-state index contributed by atoms with van der Waals surface area (Å²) >= 11 is 0. The molecule has 1 aliphatic heterocycles. The molecule has 6 nitrogen and oxygen atoms in total. The monoisotopic (exact) mass is 332 g/mol. The molecule has 1 atom stereocenters. The van der Waals surface area contributed by atoms with Crippen LogP contribution < -0.4 is 10.6 Å². The molecule has 6 heteroatoms. The number of ether oxygens (including phenoxy) is 2. The fourth-order valence-corrected chi connectivity index (χ4v) is 3.36. The summed E-state index contributed by atoms with van der Waals surface area (Å²) in [6, 6.07) is 5.70. The number of aryl methyl sites for hydroxylation is 2. The van der Waals surface area contributed by atoms with Crippen LogP contribution in [0, 0.1) is 13.8 Å². The molecular weight excluding hydrogens is 308 g/mol. The van der Waals surface area contributed by atoms with Crippen molar-refractivity contribution in [3.8, 4) is 0 Å². The lowest BCUT2D eigenvalue weighted by Crippen LogP contribution is -2.41. The first-order chi connectivity index (χ1) is 11.5. The van der Waals surface area contributed by atoms with E-state index in [2.05, 4.69) is 10.6 Å². The number of hydrogen-bond donors (Lipinski definition) is 2. The molecule has 1 heterocycles. The van der Waals surface area contributed by atoms with Gasteiger partial charge in [-0.25, -0.2) is 0 Å². The number of amides is 2. The van der Waals surface area contributed by atoms with Gasteiger partial charge in [-0.3, -0.25) is 9.59 Å². The summed E-state index contributed by atoms with van der Waals surface area (Å²) in [6.45, 7) is 4.52. The van der Waals surface area contributed by atoms with Crippen LogP contribution in [-0.4, -0.2) is 36.9 Å². The molecule has 2 amide bonds. The average molecular weight is 332 g/mol. The Morgan fingerprint density at radius 1 is 1.17 bits per heavy atom. The van der Waals surface area contributed by atoms with E-state index >= 15 is 0 Å². The van der Waals surface area contributed by atoms with Gasteiger partial charge >= 0.3 is 11.8 Å². The predicted molar refractivity (Wildman–Crippen MR) is 89.6 cm³/mol. The second-order valence-corrected chi connectivity index (χ2v) is 6.60. The largest absolute Gasteiger partial charge is 0.347 e. The third kappa shape index (κ3) is 3.60. The zero-order valence-corrected chi connectivity index (χ0v) is 14.2. The van der Waals surface area contributed by atoms with Crippen LogP contribution in [-0.2, 0) is 19.1 Å². The zero-order chi connectivity index (χ0) is 17.2. The molecule has 1 unspecified atom stereocenters. The Morgan fingerprint density at radius 3 is 2.50 bits per heavy atom. The van der Waals surface area contributed by atoms with Crippen LogP contribution in [0.15, 0.2) is 18.2 Å². The van der Waals surface area contributed by atoms with E-state index in [9.17, 15) is 9.59 Å². The summed E-state index contributed by atoms with van der Waals surface area (Å²) in [4.78, 5) is 24.1. The highest BCUT2D eigenvalue weighted by molar-refractivity contribution is 6.39. The van der Waals surface area contributed by atoms with Gasteiger partial charge in [0.1, 0.15) is 6.10 Å². The van der Waals surface area contributed by atoms with Gasteiger partial charge in [-0.1, -0.05) is 18.2 Å². The van der Waals surface area contributed by atoms with Crippen molar-refractivity contribution in [1.82, 2.24) is 5.32 Å². The molecule has 1 saturated carbocycles. The van der Waals surface area contributed by atoms with Gasteiger partial charge in [0.05, 0.1) is 6.61 Å². The Bertz CT molecular complexity index is 618. The van der Waals surface area contributed by atoms with Crippen molar-refractivity contribution >= 4 is 17.5 Å². The number of carbonyl (C=O) groups is 2. The summed E-state index contributed by atoms with van der Waals surface area (Å²) in [5.74, 6) is -1.77. The van der Waals surface area contributed by atoms with E-state index < -0.39 is 17.6 Å². The van der Waals surface area contributed by atoms with Gasteiger partial charge in [0.15, 0.2) is 5.79 Å². The maximum absolute atomic E-state index is 12.1. The lowest BCUT2D eigenvalue weighted by atomic mass is 10.1. The molecule has 130 valence electrons. The fourth-order valence-electron chi connectivity index (χ4n) is 3.36. The number of rotatable bonds is 3. The van der Waals surface area contributed by atoms with Crippen molar-refractivity contribution in [3.63, 3.8) is 0 Å². The molecule has 0 aromatic heterocycles. The number of hydrogen-bond acceptors (Lipinski definition) is 4. The highest BCUT2D eigenvalue weighted by Crippen LogP contribution is 2.38. The molecule has 1 aliphatic carbocycles. The van der Waals surface area contributed by atoms with Crippen molar-refractivity contribution in [3.05, 3.63) is 29.3 Å². The van der Waals surface area contributed by atoms with E-state index in [1.807, 2.05) is 32.0 Å². The normalized spacial score (nSPS) is 21.8. The van der Waals surface area contributed by atoms with Crippen LogP contribution in [0.25, 0.3) is 0 Å². The van der Waals surface area contributed by atoms with Crippen LogP contribution in [0.4, 0.5) is 5.69 Å². The second-order valence-electron chi connectivity index (χ2n) is 6.60. The minimum Gasteiger partial charge on any atom is -0.347 e. The van der Waals surface area contributed by atoms with E-state index in [-0.39, 0.29) is 12.6 Å². The molecule has 2 aliphatic rings. The van der Waals surface area contributed by atoms with Gasteiger partial charge in [-0.05, 0) is 37.8 Å². The van der Waals surface area contributed by atoms with E-state index in [0.29, 0.717) is 12.3 Å². The zero-order valence-electron chi connectivity index (χ0n) is 14.2. The van der Waals surface area contributed by atoms with E-state index in [0.717, 1.165) is 36.8 Å². The number of anilines is 1. The summed E-state index contributed by atoms with van der Waals surface area (Å²) in [6.07, 6.45) is 3.84. The van der Waals surface area contributed by atoms with Gasteiger partial charge in [0, 0.05) is 25.1 Å². The third-order valence-corrected chi connectivity index (χ3v) is 4.70. The van der Waals surface area contributed by atoms with Crippen LogP contribution in [0.2, 0.25) is 0 Å².